The van der Waals surface area contributed by atoms with Crippen LogP contribution in [0.2, 0.25) is 0 Å². The molecule has 30 heavy (non-hydrogen) atoms. The zero-order valence-electron chi connectivity index (χ0n) is 21.9. The molecular weight excluding hydrogens is 360 g/mol. The Balaban J connectivity index is 2.40. The topological polar surface area (TPSA) is 0 Å². The first-order valence-electron chi connectivity index (χ1n) is 14.6. The standard InChI is InChI=1S/C30H60/c1-5-8-11-14-17-20-23-29-27-30(4,25-21-18-15-12-9-6-2)26-24-28(29)22-19-16-13-10-7-3/h28-29H,5-27H2,1-4H3. The fourth-order valence-corrected chi connectivity index (χ4v) is 6.15. The van der Waals surface area contributed by atoms with Crippen molar-refractivity contribution in [1.82, 2.24) is 0 Å². The van der Waals surface area contributed by atoms with Gasteiger partial charge in [0.25, 0.3) is 0 Å². The Labute approximate surface area is 192 Å². The van der Waals surface area contributed by atoms with Gasteiger partial charge in [-0.2, -0.15) is 0 Å². The smallest absolute Gasteiger partial charge is 0.0323 e. The highest BCUT2D eigenvalue weighted by Gasteiger charge is 2.36. The van der Waals surface area contributed by atoms with Gasteiger partial charge in [0.2, 0.25) is 0 Å². The van der Waals surface area contributed by atoms with Crippen molar-refractivity contribution in [3.63, 3.8) is 0 Å². The minimum absolute atomic E-state index is 0.663. The molecule has 0 aromatic rings. The summed E-state index contributed by atoms with van der Waals surface area (Å²) in [6.45, 7) is 9.65. The molecule has 1 saturated carbocycles. The summed E-state index contributed by atoms with van der Waals surface area (Å²) in [7, 11) is 0. The summed E-state index contributed by atoms with van der Waals surface area (Å²) >= 11 is 0. The normalized spacial score (nSPS) is 24.4. The molecule has 1 aliphatic rings. The summed E-state index contributed by atoms with van der Waals surface area (Å²) in [5, 5.41) is 0. The number of rotatable bonds is 20. The summed E-state index contributed by atoms with van der Waals surface area (Å²) < 4.78 is 0. The van der Waals surface area contributed by atoms with E-state index < -0.39 is 0 Å². The van der Waals surface area contributed by atoms with E-state index in [0.717, 1.165) is 11.8 Å². The van der Waals surface area contributed by atoms with Gasteiger partial charge in [-0.3, -0.25) is 0 Å². The van der Waals surface area contributed by atoms with Crippen molar-refractivity contribution in [2.45, 2.75) is 175 Å². The molecule has 0 spiro atoms. The van der Waals surface area contributed by atoms with Gasteiger partial charge in [-0.15, -0.1) is 0 Å². The molecule has 0 amide bonds. The third kappa shape index (κ3) is 13.4. The van der Waals surface area contributed by atoms with E-state index in [1.807, 2.05) is 0 Å². The maximum atomic E-state index is 2.66. The summed E-state index contributed by atoms with van der Waals surface area (Å²) in [4.78, 5) is 0. The van der Waals surface area contributed by atoms with Crippen LogP contribution < -0.4 is 0 Å². The third-order valence-corrected chi connectivity index (χ3v) is 8.28. The fourth-order valence-electron chi connectivity index (χ4n) is 6.15. The Morgan fingerprint density at radius 3 is 1.50 bits per heavy atom. The Kier molecular flexibility index (Phi) is 17.3. The van der Waals surface area contributed by atoms with Crippen molar-refractivity contribution >= 4 is 0 Å². The molecule has 180 valence electrons. The highest BCUT2D eigenvalue weighted by atomic mass is 14.4. The maximum Gasteiger partial charge on any atom is -0.0323 e. The van der Waals surface area contributed by atoms with Crippen LogP contribution in [0.15, 0.2) is 0 Å². The van der Waals surface area contributed by atoms with E-state index >= 15 is 0 Å². The molecule has 0 nitrogen and oxygen atoms in total. The monoisotopic (exact) mass is 420 g/mol. The molecule has 0 heteroatoms. The summed E-state index contributed by atoms with van der Waals surface area (Å²) in [5.41, 5.74) is 0.663. The molecular formula is C30H60. The molecule has 0 aromatic heterocycles. The van der Waals surface area contributed by atoms with Gasteiger partial charge in [-0.05, 0) is 42.9 Å². The van der Waals surface area contributed by atoms with E-state index in [1.54, 1.807) is 12.8 Å². The van der Waals surface area contributed by atoms with Crippen LogP contribution in [0.5, 0.6) is 0 Å². The van der Waals surface area contributed by atoms with Crippen molar-refractivity contribution in [1.29, 1.82) is 0 Å². The Hall–Kier alpha value is 0. The largest absolute Gasteiger partial charge is 0.0654 e. The maximum absolute atomic E-state index is 2.66. The third-order valence-electron chi connectivity index (χ3n) is 8.28. The second-order valence-corrected chi connectivity index (χ2v) is 11.4. The van der Waals surface area contributed by atoms with Gasteiger partial charge in [0.15, 0.2) is 0 Å². The molecule has 1 aliphatic carbocycles. The second-order valence-electron chi connectivity index (χ2n) is 11.4. The molecule has 0 heterocycles. The minimum Gasteiger partial charge on any atom is -0.0654 e. The van der Waals surface area contributed by atoms with Gasteiger partial charge in [-0.1, -0.05) is 150 Å². The van der Waals surface area contributed by atoms with E-state index in [2.05, 4.69) is 27.7 Å². The molecule has 3 atom stereocenters. The number of hydrogen-bond donors (Lipinski definition) is 0. The Bertz CT molecular complexity index is 359. The summed E-state index contributed by atoms with van der Waals surface area (Å²) in [5.74, 6) is 2.10. The molecule has 0 N–H and O–H groups in total. The molecule has 0 aliphatic heterocycles. The van der Waals surface area contributed by atoms with Crippen LogP contribution in [-0.2, 0) is 0 Å². The lowest BCUT2D eigenvalue weighted by atomic mass is 9.62. The average Bonchev–Trinajstić information content (AvgIpc) is 2.74. The number of unbranched alkanes of at least 4 members (excludes halogenated alkanes) is 14. The van der Waals surface area contributed by atoms with Gasteiger partial charge >= 0.3 is 0 Å². The van der Waals surface area contributed by atoms with Crippen molar-refractivity contribution in [2.75, 3.05) is 0 Å². The summed E-state index contributed by atoms with van der Waals surface area (Å²) in [6.07, 6.45) is 34.0. The molecule has 3 unspecified atom stereocenters. The van der Waals surface area contributed by atoms with E-state index in [-0.39, 0.29) is 0 Å². The first kappa shape index (κ1) is 28.0. The van der Waals surface area contributed by atoms with Gasteiger partial charge in [0, 0.05) is 0 Å². The quantitative estimate of drug-likeness (QED) is 0.172. The first-order valence-corrected chi connectivity index (χ1v) is 14.6. The zero-order valence-corrected chi connectivity index (χ0v) is 21.9. The lowest BCUT2D eigenvalue weighted by molar-refractivity contribution is 0.0779. The molecule has 1 rings (SSSR count). The van der Waals surface area contributed by atoms with Gasteiger partial charge < -0.3 is 0 Å². The van der Waals surface area contributed by atoms with Crippen LogP contribution in [-0.4, -0.2) is 0 Å². The van der Waals surface area contributed by atoms with Crippen molar-refractivity contribution in [2.24, 2.45) is 17.3 Å². The molecule has 1 fully saturated rings. The van der Waals surface area contributed by atoms with E-state index in [0.29, 0.717) is 5.41 Å². The Morgan fingerprint density at radius 1 is 0.533 bits per heavy atom. The van der Waals surface area contributed by atoms with Gasteiger partial charge in [0.05, 0.1) is 0 Å². The van der Waals surface area contributed by atoms with E-state index in [9.17, 15) is 0 Å². The Morgan fingerprint density at radius 2 is 0.967 bits per heavy atom. The van der Waals surface area contributed by atoms with Gasteiger partial charge in [0.1, 0.15) is 0 Å². The predicted octanol–water partition coefficient (Wildman–Crippen LogP) is 11.3. The molecule has 0 aromatic carbocycles. The van der Waals surface area contributed by atoms with Crippen LogP contribution in [0, 0.1) is 17.3 Å². The highest BCUT2D eigenvalue weighted by Crippen LogP contribution is 2.48. The van der Waals surface area contributed by atoms with Gasteiger partial charge in [-0.25, -0.2) is 0 Å². The van der Waals surface area contributed by atoms with Crippen LogP contribution in [0.25, 0.3) is 0 Å². The SMILES string of the molecule is CCCCCCCCC1CC(C)(CCCCCCCC)CCC1CCCCCCC. The molecule has 0 saturated heterocycles. The van der Waals surface area contributed by atoms with Crippen molar-refractivity contribution in [3.8, 4) is 0 Å². The zero-order chi connectivity index (χ0) is 21.9. The number of hydrogen-bond acceptors (Lipinski definition) is 0. The summed E-state index contributed by atoms with van der Waals surface area (Å²) in [6, 6.07) is 0. The van der Waals surface area contributed by atoms with Crippen molar-refractivity contribution < 1.29 is 0 Å². The highest BCUT2D eigenvalue weighted by molar-refractivity contribution is 4.87. The van der Waals surface area contributed by atoms with Crippen LogP contribution >= 0.6 is 0 Å². The predicted molar refractivity (Wildman–Crippen MR) is 138 cm³/mol. The fraction of sp³-hybridized carbons (Fsp3) is 1.00. The molecule has 0 bridgehead atoms. The molecule has 0 radical (unpaired) electrons. The van der Waals surface area contributed by atoms with Crippen molar-refractivity contribution in [3.05, 3.63) is 0 Å². The average molecular weight is 421 g/mol. The minimum atomic E-state index is 0.663. The first-order chi connectivity index (χ1) is 14.6. The van der Waals surface area contributed by atoms with Crippen LogP contribution in [0.3, 0.4) is 0 Å². The van der Waals surface area contributed by atoms with Crippen LogP contribution in [0.4, 0.5) is 0 Å². The lowest BCUT2D eigenvalue weighted by Crippen LogP contribution is -2.32. The van der Waals surface area contributed by atoms with E-state index in [1.165, 1.54) is 135 Å². The lowest BCUT2D eigenvalue weighted by Gasteiger charge is -2.43. The second kappa shape index (κ2) is 18.6. The van der Waals surface area contributed by atoms with Crippen LogP contribution in [0.1, 0.15) is 175 Å². The van der Waals surface area contributed by atoms with E-state index in [4.69, 9.17) is 0 Å².